The standard InChI is InChI=1S/C34H33N7O4/c1-33(2,45)18-40-17-24(28-29(35)37-19-38-30(28)40)20-9-10-27(36-16-20)39-31(43)23-13-22-25(14-34(11-6-12-34)15-26(22)42)41(32(23)44)21-7-4-3-5-8-21/h3-5,7-10,13,16-17,19,45H,6,11-12,14-15,18H2,1-2H3,(H2,35,37,38)(H,36,39,43). The van der Waals surface area contributed by atoms with Gasteiger partial charge in [0.2, 0.25) is 0 Å². The zero-order valence-electron chi connectivity index (χ0n) is 25.1. The van der Waals surface area contributed by atoms with Gasteiger partial charge in [0, 0.05) is 46.9 Å². The minimum absolute atomic E-state index is 0.0378. The fraction of sp³-hybridized carbons (Fsp3) is 0.294. The van der Waals surface area contributed by atoms with Crippen molar-refractivity contribution in [2.75, 3.05) is 11.1 Å². The highest BCUT2D eigenvalue weighted by molar-refractivity contribution is 6.07. The lowest BCUT2D eigenvalue weighted by Crippen LogP contribution is -2.42. The van der Waals surface area contributed by atoms with Crippen LogP contribution in [0, 0.1) is 5.41 Å². The monoisotopic (exact) mass is 603 g/mol. The average molecular weight is 604 g/mol. The maximum atomic E-state index is 13.9. The number of carbonyl (C=O) groups excluding carboxylic acids is 2. The van der Waals surface area contributed by atoms with Crippen LogP contribution in [0.2, 0.25) is 0 Å². The SMILES string of the molecule is CC(C)(O)Cn1cc(-c2ccc(NC(=O)c3cc4c(n(-c5ccccc5)c3=O)CC3(CCC3)CC4=O)nc2)c2c(N)ncnc21. The molecule has 0 aliphatic heterocycles. The Morgan fingerprint density at radius 3 is 2.49 bits per heavy atom. The molecule has 4 N–H and O–H groups in total. The van der Waals surface area contributed by atoms with E-state index in [0.717, 1.165) is 24.8 Å². The van der Waals surface area contributed by atoms with E-state index in [2.05, 4.69) is 20.3 Å². The Morgan fingerprint density at radius 2 is 1.82 bits per heavy atom. The Labute approximate surface area is 258 Å². The number of anilines is 2. The maximum Gasteiger partial charge on any atom is 0.268 e. The molecule has 2 aliphatic carbocycles. The first-order chi connectivity index (χ1) is 21.5. The molecule has 1 aromatic carbocycles. The van der Waals surface area contributed by atoms with Gasteiger partial charge in [0.1, 0.15) is 29.2 Å². The molecular weight excluding hydrogens is 570 g/mol. The first kappa shape index (κ1) is 28.6. The number of rotatable bonds is 6. The molecule has 2 aliphatic rings. The number of aliphatic hydroxyl groups is 1. The molecule has 0 atom stereocenters. The van der Waals surface area contributed by atoms with E-state index in [-0.39, 0.29) is 29.1 Å². The number of nitrogens with zero attached hydrogens (tertiary/aromatic N) is 5. The predicted octanol–water partition coefficient (Wildman–Crippen LogP) is 4.55. The van der Waals surface area contributed by atoms with E-state index >= 15 is 0 Å². The van der Waals surface area contributed by atoms with Crippen molar-refractivity contribution >= 4 is 34.4 Å². The largest absolute Gasteiger partial charge is 0.389 e. The molecule has 5 aromatic rings. The summed E-state index contributed by atoms with van der Waals surface area (Å²) in [6, 6.07) is 14.0. The molecular formula is C34H33N7O4. The molecule has 0 radical (unpaired) electrons. The van der Waals surface area contributed by atoms with Crippen LogP contribution < -0.4 is 16.6 Å². The summed E-state index contributed by atoms with van der Waals surface area (Å²) in [4.78, 5) is 53.9. The van der Waals surface area contributed by atoms with Gasteiger partial charge in [-0.15, -0.1) is 0 Å². The number of pyridine rings is 2. The average Bonchev–Trinajstić information content (AvgIpc) is 3.34. The van der Waals surface area contributed by atoms with E-state index in [1.165, 1.54) is 17.0 Å². The lowest BCUT2D eigenvalue weighted by Gasteiger charge is -2.45. The van der Waals surface area contributed by atoms with Gasteiger partial charge in [-0.25, -0.2) is 15.0 Å². The molecule has 1 fully saturated rings. The smallest absolute Gasteiger partial charge is 0.268 e. The Kier molecular flexibility index (Phi) is 6.66. The van der Waals surface area contributed by atoms with Crippen molar-refractivity contribution in [3.8, 4) is 16.8 Å². The Hall–Kier alpha value is -5.16. The molecule has 11 heteroatoms. The third-order valence-electron chi connectivity index (χ3n) is 8.91. The molecule has 11 nitrogen and oxygen atoms in total. The van der Waals surface area contributed by atoms with Gasteiger partial charge in [-0.1, -0.05) is 24.6 Å². The van der Waals surface area contributed by atoms with Crippen molar-refractivity contribution in [3.63, 3.8) is 0 Å². The summed E-state index contributed by atoms with van der Waals surface area (Å²) in [6.07, 6.45) is 8.87. The predicted molar refractivity (Wildman–Crippen MR) is 170 cm³/mol. The molecule has 0 saturated heterocycles. The maximum absolute atomic E-state index is 13.9. The number of amides is 1. The highest BCUT2D eigenvalue weighted by Crippen LogP contribution is 2.50. The van der Waals surface area contributed by atoms with Gasteiger partial charge in [-0.05, 0) is 68.9 Å². The summed E-state index contributed by atoms with van der Waals surface area (Å²) in [5, 5.41) is 13.8. The highest BCUT2D eigenvalue weighted by atomic mass is 16.3. The third kappa shape index (κ3) is 5.08. The number of hydrogen-bond donors (Lipinski definition) is 3. The van der Waals surface area contributed by atoms with Crippen LogP contribution in [0.1, 0.15) is 65.9 Å². The van der Waals surface area contributed by atoms with E-state index in [0.29, 0.717) is 52.2 Å². The number of para-hydroxylation sites is 1. The lowest BCUT2D eigenvalue weighted by molar-refractivity contribution is 0.0626. The van der Waals surface area contributed by atoms with Crippen molar-refractivity contribution in [1.82, 2.24) is 24.1 Å². The summed E-state index contributed by atoms with van der Waals surface area (Å²) in [7, 11) is 0. The number of fused-ring (bicyclic) bond motifs is 2. The molecule has 1 spiro atoms. The van der Waals surface area contributed by atoms with Gasteiger partial charge < -0.3 is 20.7 Å². The molecule has 1 saturated carbocycles. The van der Waals surface area contributed by atoms with Crippen molar-refractivity contribution in [2.24, 2.45) is 5.41 Å². The summed E-state index contributed by atoms with van der Waals surface area (Å²) >= 11 is 0. The van der Waals surface area contributed by atoms with Crippen molar-refractivity contribution in [1.29, 1.82) is 0 Å². The van der Waals surface area contributed by atoms with Crippen molar-refractivity contribution in [3.05, 3.63) is 94.4 Å². The van der Waals surface area contributed by atoms with Crippen LogP contribution >= 0.6 is 0 Å². The molecule has 45 heavy (non-hydrogen) atoms. The zero-order chi connectivity index (χ0) is 31.5. The molecule has 4 aromatic heterocycles. The van der Waals surface area contributed by atoms with Crippen LogP contribution in [0.4, 0.5) is 11.6 Å². The molecule has 0 bridgehead atoms. The van der Waals surface area contributed by atoms with Crippen molar-refractivity contribution < 1.29 is 14.7 Å². The van der Waals surface area contributed by atoms with Crippen LogP contribution in [0.5, 0.6) is 0 Å². The van der Waals surface area contributed by atoms with Crippen LogP contribution in [0.15, 0.2) is 72.0 Å². The zero-order valence-corrected chi connectivity index (χ0v) is 25.1. The molecule has 7 rings (SSSR count). The van der Waals surface area contributed by atoms with Gasteiger partial charge in [0.15, 0.2) is 5.78 Å². The van der Waals surface area contributed by atoms with Gasteiger partial charge in [-0.3, -0.25) is 19.0 Å². The van der Waals surface area contributed by atoms with E-state index in [1.54, 1.807) is 32.2 Å². The molecule has 1 amide bonds. The second-order valence-corrected chi connectivity index (χ2v) is 12.9. The van der Waals surface area contributed by atoms with Crippen LogP contribution in [-0.4, -0.2) is 46.5 Å². The summed E-state index contributed by atoms with van der Waals surface area (Å²) in [6.45, 7) is 3.70. The number of carbonyl (C=O) groups is 2. The molecule has 228 valence electrons. The van der Waals surface area contributed by atoms with E-state index in [1.807, 2.05) is 41.1 Å². The van der Waals surface area contributed by atoms with Gasteiger partial charge in [-0.2, -0.15) is 0 Å². The number of ketones is 1. The number of Topliss-reactive ketones (excluding diaryl/α,β-unsaturated/α-hetero) is 1. The van der Waals surface area contributed by atoms with Crippen LogP contribution in [0.3, 0.4) is 0 Å². The molecule has 0 unspecified atom stereocenters. The third-order valence-corrected chi connectivity index (χ3v) is 8.91. The number of nitrogens with one attached hydrogen (secondary N) is 1. The van der Waals surface area contributed by atoms with Crippen LogP contribution in [0.25, 0.3) is 27.8 Å². The fourth-order valence-electron chi connectivity index (χ4n) is 6.68. The van der Waals surface area contributed by atoms with Gasteiger partial charge in [0.05, 0.1) is 17.5 Å². The minimum Gasteiger partial charge on any atom is -0.389 e. The number of nitrogens with two attached hydrogens (primary N) is 1. The van der Waals surface area contributed by atoms with Gasteiger partial charge in [0.25, 0.3) is 11.5 Å². The van der Waals surface area contributed by atoms with E-state index in [4.69, 9.17) is 5.73 Å². The van der Waals surface area contributed by atoms with E-state index in [9.17, 15) is 19.5 Å². The Morgan fingerprint density at radius 1 is 1.04 bits per heavy atom. The fourth-order valence-corrected chi connectivity index (χ4v) is 6.68. The number of nitrogen functional groups attached to an aromatic ring is 1. The Bertz CT molecular complexity index is 2040. The summed E-state index contributed by atoms with van der Waals surface area (Å²) in [5.41, 5.74) is 8.25. The summed E-state index contributed by atoms with van der Waals surface area (Å²) < 4.78 is 3.36. The quantitative estimate of drug-likeness (QED) is 0.255. The van der Waals surface area contributed by atoms with Crippen molar-refractivity contribution in [2.45, 2.75) is 58.1 Å². The number of benzene rings is 1. The minimum atomic E-state index is -0.992. The highest BCUT2D eigenvalue weighted by Gasteiger charge is 2.44. The van der Waals surface area contributed by atoms with Gasteiger partial charge >= 0.3 is 0 Å². The first-order valence-corrected chi connectivity index (χ1v) is 15.0. The number of aromatic nitrogens is 5. The normalized spacial score (nSPS) is 15.6. The lowest BCUT2D eigenvalue weighted by atomic mass is 9.60. The first-order valence-electron chi connectivity index (χ1n) is 15.0. The number of hydrogen-bond acceptors (Lipinski definition) is 8. The summed E-state index contributed by atoms with van der Waals surface area (Å²) in [5.74, 6) is -0.161. The second-order valence-electron chi connectivity index (χ2n) is 12.9. The van der Waals surface area contributed by atoms with E-state index < -0.39 is 17.1 Å². The topological polar surface area (TPSA) is 158 Å². The van der Waals surface area contributed by atoms with Crippen LogP contribution in [-0.2, 0) is 13.0 Å². The second kappa shape index (κ2) is 10.5. The molecule has 4 heterocycles. The Balaban J connectivity index is 1.23.